The van der Waals surface area contributed by atoms with Crippen molar-refractivity contribution in [3.8, 4) is 0 Å². The Morgan fingerprint density at radius 1 is 1.18 bits per heavy atom. The van der Waals surface area contributed by atoms with E-state index < -0.39 is 0 Å². The molecule has 17 heavy (non-hydrogen) atoms. The lowest BCUT2D eigenvalue weighted by atomic mass is 10.0. The maximum Gasteiger partial charge on any atom is 0.254 e. The highest BCUT2D eigenvalue weighted by molar-refractivity contribution is 5.95. The van der Waals surface area contributed by atoms with E-state index in [0.29, 0.717) is 0 Å². The van der Waals surface area contributed by atoms with Crippen molar-refractivity contribution >= 4 is 16.5 Å². The number of para-hydroxylation sites is 1. The molecule has 0 saturated heterocycles. The second-order valence-corrected chi connectivity index (χ2v) is 4.82. The number of benzene rings is 1. The number of rotatable bonds is 0. The highest BCUT2D eigenvalue weighted by Crippen LogP contribution is 2.35. The van der Waals surface area contributed by atoms with Gasteiger partial charge in [-0.2, -0.15) is 0 Å². The van der Waals surface area contributed by atoms with E-state index in [9.17, 15) is 4.79 Å². The van der Waals surface area contributed by atoms with Crippen LogP contribution < -0.4 is 5.56 Å². The van der Waals surface area contributed by atoms with E-state index in [0.717, 1.165) is 17.5 Å². The molecule has 0 fully saturated rings. The molecule has 2 nitrogen and oxygen atoms in total. The van der Waals surface area contributed by atoms with Crippen molar-refractivity contribution in [1.82, 2.24) is 4.57 Å². The number of hydrogen-bond donors (Lipinski definition) is 0. The van der Waals surface area contributed by atoms with Crippen LogP contribution in [0.15, 0.2) is 34.6 Å². The van der Waals surface area contributed by atoms with Crippen molar-refractivity contribution in [3.05, 3.63) is 51.3 Å². The minimum atomic E-state index is 0.148. The van der Waals surface area contributed by atoms with Gasteiger partial charge in [-0.1, -0.05) is 23.8 Å². The molecule has 0 unspecified atom stereocenters. The minimum absolute atomic E-state index is 0.148. The lowest BCUT2D eigenvalue weighted by molar-refractivity contribution is 0.883. The highest BCUT2D eigenvalue weighted by atomic mass is 16.1. The zero-order chi connectivity index (χ0) is 12.2. The largest absolute Gasteiger partial charge is 0.311 e. The van der Waals surface area contributed by atoms with Gasteiger partial charge in [0.2, 0.25) is 0 Å². The third-order valence-electron chi connectivity index (χ3n) is 3.86. The van der Waals surface area contributed by atoms with Gasteiger partial charge in [0, 0.05) is 18.0 Å². The third-order valence-corrected chi connectivity index (χ3v) is 3.86. The first-order valence-electron chi connectivity index (χ1n) is 5.88. The zero-order valence-corrected chi connectivity index (χ0v) is 10.4. The van der Waals surface area contributed by atoms with Crippen LogP contribution in [-0.2, 0) is 13.5 Å². The van der Waals surface area contributed by atoms with Crippen LogP contribution in [0.5, 0.6) is 0 Å². The Bertz CT molecular complexity index is 720. The first-order chi connectivity index (χ1) is 8.11. The number of aryl methyl sites for hydroxylation is 1. The van der Waals surface area contributed by atoms with Gasteiger partial charge in [0.1, 0.15) is 0 Å². The smallest absolute Gasteiger partial charge is 0.254 e. The fourth-order valence-electron chi connectivity index (χ4n) is 2.76. The lowest BCUT2D eigenvalue weighted by Gasteiger charge is -2.11. The molecular formula is C15H15NO. The Kier molecular flexibility index (Phi) is 2.02. The van der Waals surface area contributed by atoms with Crippen molar-refractivity contribution in [1.29, 1.82) is 0 Å². The predicted octanol–water partition coefficient (Wildman–Crippen LogP) is 2.89. The third kappa shape index (κ3) is 1.24. The van der Waals surface area contributed by atoms with Crippen LogP contribution in [-0.4, -0.2) is 4.57 Å². The zero-order valence-electron chi connectivity index (χ0n) is 10.4. The van der Waals surface area contributed by atoms with E-state index in [4.69, 9.17) is 0 Å². The van der Waals surface area contributed by atoms with Gasteiger partial charge in [0.25, 0.3) is 5.56 Å². The van der Waals surface area contributed by atoms with Crippen LogP contribution in [0.25, 0.3) is 16.5 Å². The molecule has 1 aromatic heterocycles. The average molecular weight is 225 g/mol. The van der Waals surface area contributed by atoms with Crippen LogP contribution in [0.2, 0.25) is 0 Å². The topological polar surface area (TPSA) is 22.0 Å². The molecule has 86 valence electrons. The summed E-state index contributed by atoms with van der Waals surface area (Å²) in [4.78, 5) is 12.3. The molecule has 0 spiro atoms. The summed E-state index contributed by atoms with van der Waals surface area (Å²) in [5.74, 6) is 0. The first kappa shape index (κ1) is 10.3. The molecule has 0 bridgehead atoms. The number of fused-ring (bicyclic) bond motifs is 3. The van der Waals surface area contributed by atoms with E-state index in [-0.39, 0.29) is 5.56 Å². The number of aromatic nitrogens is 1. The van der Waals surface area contributed by atoms with E-state index in [1.165, 1.54) is 22.1 Å². The summed E-state index contributed by atoms with van der Waals surface area (Å²) >= 11 is 0. The molecule has 1 aliphatic carbocycles. The van der Waals surface area contributed by atoms with E-state index in [1.54, 1.807) is 4.57 Å². The van der Waals surface area contributed by atoms with Crippen molar-refractivity contribution in [2.45, 2.75) is 20.3 Å². The highest BCUT2D eigenvalue weighted by Gasteiger charge is 2.22. The number of hydrogen-bond acceptors (Lipinski definition) is 1. The molecule has 0 saturated carbocycles. The Hall–Kier alpha value is -1.83. The Morgan fingerprint density at radius 3 is 2.65 bits per heavy atom. The fourth-order valence-corrected chi connectivity index (χ4v) is 2.76. The number of pyridine rings is 1. The summed E-state index contributed by atoms with van der Waals surface area (Å²) in [5, 5.41) is 1.19. The summed E-state index contributed by atoms with van der Waals surface area (Å²) in [5.41, 5.74) is 5.88. The van der Waals surface area contributed by atoms with E-state index >= 15 is 0 Å². The minimum Gasteiger partial charge on any atom is -0.311 e. The molecule has 1 aromatic carbocycles. The Morgan fingerprint density at radius 2 is 1.88 bits per heavy atom. The maximum absolute atomic E-state index is 12.3. The first-order valence-corrected chi connectivity index (χ1v) is 5.88. The molecular weight excluding hydrogens is 210 g/mol. The van der Waals surface area contributed by atoms with Crippen molar-refractivity contribution in [3.63, 3.8) is 0 Å². The van der Waals surface area contributed by atoms with Gasteiger partial charge in [0.05, 0.1) is 5.52 Å². The SMILES string of the molecule is CC1=C(C)c2c(c(=O)n(C)c3ccccc23)C1. The standard InChI is InChI=1S/C15H15NO/c1-9-8-12-14(10(9)2)11-6-4-5-7-13(11)16(3)15(12)17/h4-7H,8H2,1-3H3. The molecule has 0 N–H and O–H groups in total. The molecule has 0 radical (unpaired) electrons. The average Bonchev–Trinajstić information content (AvgIpc) is 2.63. The lowest BCUT2D eigenvalue weighted by Crippen LogP contribution is -2.21. The van der Waals surface area contributed by atoms with Crippen molar-refractivity contribution in [2.24, 2.45) is 7.05 Å². The maximum atomic E-state index is 12.3. The molecule has 2 heteroatoms. The monoisotopic (exact) mass is 225 g/mol. The molecule has 0 aliphatic heterocycles. The second-order valence-electron chi connectivity index (χ2n) is 4.82. The van der Waals surface area contributed by atoms with E-state index in [1.807, 2.05) is 25.2 Å². The summed E-state index contributed by atoms with van der Waals surface area (Å²) in [6.07, 6.45) is 0.804. The molecule has 3 rings (SSSR count). The Labute approximate surface area is 100 Å². The Balaban J connectivity index is 2.58. The summed E-state index contributed by atoms with van der Waals surface area (Å²) in [6, 6.07) is 8.14. The quantitative estimate of drug-likeness (QED) is 0.675. The molecule has 1 heterocycles. The van der Waals surface area contributed by atoms with Crippen LogP contribution in [0.1, 0.15) is 25.0 Å². The molecule has 2 aromatic rings. The summed E-state index contributed by atoms with van der Waals surface area (Å²) < 4.78 is 1.76. The summed E-state index contributed by atoms with van der Waals surface area (Å²) in [6.45, 7) is 4.23. The van der Waals surface area contributed by atoms with Crippen molar-refractivity contribution < 1.29 is 0 Å². The van der Waals surface area contributed by atoms with Gasteiger partial charge in [-0.15, -0.1) is 0 Å². The fraction of sp³-hybridized carbons (Fsp3) is 0.267. The van der Waals surface area contributed by atoms with Gasteiger partial charge in [-0.3, -0.25) is 4.79 Å². The molecule has 1 aliphatic rings. The normalized spacial score (nSPS) is 14.5. The van der Waals surface area contributed by atoms with Gasteiger partial charge in [-0.05, 0) is 37.5 Å². The number of nitrogens with zero attached hydrogens (tertiary/aromatic N) is 1. The second kappa shape index (κ2) is 3.33. The molecule has 0 amide bonds. The van der Waals surface area contributed by atoms with Crippen LogP contribution in [0, 0.1) is 0 Å². The van der Waals surface area contributed by atoms with Crippen LogP contribution >= 0.6 is 0 Å². The van der Waals surface area contributed by atoms with Gasteiger partial charge in [-0.25, -0.2) is 0 Å². The van der Waals surface area contributed by atoms with E-state index in [2.05, 4.69) is 19.9 Å². The number of allylic oxidation sites excluding steroid dienone is 2. The molecule has 0 atom stereocenters. The predicted molar refractivity (Wildman–Crippen MR) is 71.2 cm³/mol. The van der Waals surface area contributed by atoms with Gasteiger partial charge in [0.15, 0.2) is 0 Å². The summed E-state index contributed by atoms with van der Waals surface area (Å²) in [7, 11) is 1.86. The van der Waals surface area contributed by atoms with Gasteiger partial charge < -0.3 is 4.57 Å². The van der Waals surface area contributed by atoms with Crippen LogP contribution in [0.4, 0.5) is 0 Å². The van der Waals surface area contributed by atoms with Crippen LogP contribution in [0.3, 0.4) is 0 Å². The van der Waals surface area contributed by atoms with Gasteiger partial charge >= 0.3 is 0 Å². The van der Waals surface area contributed by atoms with Crippen molar-refractivity contribution in [2.75, 3.05) is 0 Å².